The second kappa shape index (κ2) is 8.05. The van der Waals surface area contributed by atoms with Gasteiger partial charge in [0.05, 0.1) is 17.7 Å². The van der Waals surface area contributed by atoms with Crippen LogP contribution >= 0.6 is 11.3 Å². The largest absolute Gasteiger partial charge is 0.496 e. The number of nitrogens with zero attached hydrogens (tertiary/aromatic N) is 1. The molecule has 0 saturated carbocycles. The van der Waals surface area contributed by atoms with Crippen molar-refractivity contribution < 1.29 is 27.1 Å². The smallest absolute Gasteiger partial charge is 0.342 e. The molecule has 2 N–H and O–H groups in total. The van der Waals surface area contributed by atoms with Crippen molar-refractivity contribution in [1.29, 1.82) is 0 Å². The highest BCUT2D eigenvalue weighted by molar-refractivity contribution is 7.89. The van der Waals surface area contributed by atoms with Crippen molar-refractivity contribution in [2.45, 2.75) is 11.5 Å². The van der Waals surface area contributed by atoms with Gasteiger partial charge >= 0.3 is 5.97 Å². The molecule has 1 heterocycles. The highest BCUT2D eigenvalue weighted by Gasteiger charge is 2.19. The van der Waals surface area contributed by atoms with Gasteiger partial charge in [-0.1, -0.05) is 0 Å². The van der Waals surface area contributed by atoms with Crippen LogP contribution in [0.25, 0.3) is 10.6 Å². The molecule has 28 heavy (non-hydrogen) atoms. The first-order valence-electron chi connectivity index (χ1n) is 7.86. The summed E-state index contributed by atoms with van der Waals surface area (Å²) in [4.78, 5) is 16.5. The Kier molecular flexibility index (Phi) is 5.73. The Bertz CT molecular complexity index is 1110. The Hall–Kier alpha value is -2.82. The molecule has 0 spiro atoms. The van der Waals surface area contributed by atoms with Crippen LogP contribution in [0.5, 0.6) is 5.75 Å². The van der Waals surface area contributed by atoms with E-state index in [9.17, 15) is 17.6 Å². The van der Waals surface area contributed by atoms with Gasteiger partial charge in [0.15, 0.2) is 0 Å². The molecule has 3 aromatic rings. The van der Waals surface area contributed by atoms with Crippen LogP contribution in [0.4, 0.5) is 4.39 Å². The number of aromatic nitrogens is 1. The van der Waals surface area contributed by atoms with Crippen LogP contribution in [-0.4, -0.2) is 26.5 Å². The molecule has 0 amide bonds. The number of sulfonamides is 1. The standard InChI is InChI=1S/C18H15FN2O5S2/c1-25-16-7-6-14(28(20,23)24)8-15(16)18(22)26-9-13-10-27-17(21-13)11-2-4-12(19)5-3-11/h2-8,10H,9H2,1H3,(H2,20,23,24). The fourth-order valence-corrected chi connectivity index (χ4v) is 3.69. The number of rotatable bonds is 6. The van der Waals surface area contributed by atoms with E-state index in [-0.39, 0.29) is 28.6 Å². The molecule has 7 nitrogen and oxygen atoms in total. The molecule has 3 rings (SSSR count). The second-order valence-electron chi connectivity index (χ2n) is 5.63. The molecule has 0 saturated heterocycles. The number of nitrogens with two attached hydrogens (primary N) is 1. The summed E-state index contributed by atoms with van der Waals surface area (Å²) in [6.07, 6.45) is 0. The lowest BCUT2D eigenvalue weighted by Gasteiger charge is -2.09. The van der Waals surface area contributed by atoms with Gasteiger partial charge in [0.25, 0.3) is 0 Å². The zero-order valence-corrected chi connectivity index (χ0v) is 16.2. The van der Waals surface area contributed by atoms with E-state index in [0.717, 1.165) is 11.6 Å². The molecular formula is C18H15FN2O5S2. The van der Waals surface area contributed by atoms with Gasteiger partial charge in [-0.25, -0.2) is 27.7 Å². The van der Waals surface area contributed by atoms with Gasteiger partial charge in [0.2, 0.25) is 10.0 Å². The third-order valence-electron chi connectivity index (χ3n) is 3.71. The zero-order chi connectivity index (χ0) is 20.3. The number of hydrogen-bond acceptors (Lipinski definition) is 7. The van der Waals surface area contributed by atoms with E-state index in [4.69, 9.17) is 14.6 Å². The second-order valence-corrected chi connectivity index (χ2v) is 8.05. The minimum atomic E-state index is -3.98. The maximum Gasteiger partial charge on any atom is 0.342 e. The summed E-state index contributed by atoms with van der Waals surface area (Å²) in [5, 5.41) is 7.46. The normalized spacial score (nSPS) is 11.2. The maximum absolute atomic E-state index is 13.0. The molecule has 1 aromatic heterocycles. The number of carbonyl (C=O) groups excluding carboxylic acids is 1. The van der Waals surface area contributed by atoms with Crippen molar-refractivity contribution in [3.63, 3.8) is 0 Å². The fraction of sp³-hybridized carbons (Fsp3) is 0.111. The van der Waals surface area contributed by atoms with Crippen LogP contribution < -0.4 is 9.88 Å². The lowest BCUT2D eigenvalue weighted by Crippen LogP contribution is -2.14. The first kappa shape index (κ1) is 19.9. The third-order valence-corrected chi connectivity index (χ3v) is 5.56. The van der Waals surface area contributed by atoms with Gasteiger partial charge in [-0.15, -0.1) is 11.3 Å². The average Bonchev–Trinajstić information content (AvgIpc) is 3.14. The number of esters is 1. The summed E-state index contributed by atoms with van der Waals surface area (Å²) >= 11 is 1.32. The number of halogens is 1. The van der Waals surface area contributed by atoms with E-state index in [0.29, 0.717) is 10.7 Å². The number of thiazole rings is 1. The Morgan fingerprint density at radius 1 is 1.21 bits per heavy atom. The van der Waals surface area contributed by atoms with E-state index in [1.165, 1.54) is 42.7 Å². The Balaban J connectivity index is 1.75. The van der Waals surface area contributed by atoms with Gasteiger partial charge in [0, 0.05) is 10.9 Å². The Morgan fingerprint density at radius 3 is 2.57 bits per heavy atom. The van der Waals surface area contributed by atoms with Gasteiger partial charge < -0.3 is 9.47 Å². The van der Waals surface area contributed by atoms with E-state index >= 15 is 0 Å². The molecule has 0 atom stereocenters. The molecule has 2 aromatic carbocycles. The van der Waals surface area contributed by atoms with E-state index < -0.39 is 16.0 Å². The number of hydrogen-bond donors (Lipinski definition) is 1. The van der Waals surface area contributed by atoms with Gasteiger partial charge in [-0.2, -0.15) is 0 Å². The highest BCUT2D eigenvalue weighted by Crippen LogP contribution is 2.26. The molecule has 146 valence electrons. The number of primary sulfonamides is 1. The van der Waals surface area contributed by atoms with Crippen molar-refractivity contribution >= 4 is 27.3 Å². The maximum atomic E-state index is 13.0. The summed E-state index contributed by atoms with van der Waals surface area (Å²) in [5.41, 5.74) is 1.17. The molecule has 0 unspecified atom stereocenters. The quantitative estimate of drug-likeness (QED) is 0.612. The number of methoxy groups -OCH3 is 1. The van der Waals surface area contributed by atoms with E-state index in [1.807, 2.05) is 0 Å². The topological polar surface area (TPSA) is 109 Å². The van der Waals surface area contributed by atoms with Crippen LogP contribution in [0.1, 0.15) is 16.1 Å². The first-order chi connectivity index (χ1) is 13.3. The predicted molar refractivity (Wildman–Crippen MR) is 101 cm³/mol. The van der Waals surface area contributed by atoms with Crippen LogP contribution in [-0.2, 0) is 21.4 Å². The summed E-state index contributed by atoms with van der Waals surface area (Å²) in [6.45, 7) is -0.126. The number of ether oxygens (including phenoxy) is 2. The molecule has 0 bridgehead atoms. The lowest BCUT2D eigenvalue weighted by molar-refractivity contribution is 0.0464. The van der Waals surface area contributed by atoms with Crippen LogP contribution in [0.15, 0.2) is 52.7 Å². The molecule has 0 aliphatic rings. The van der Waals surface area contributed by atoms with Crippen LogP contribution in [0, 0.1) is 5.82 Å². The van der Waals surface area contributed by atoms with Crippen molar-refractivity contribution in [3.05, 3.63) is 64.9 Å². The highest BCUT2D eigenvalue weighted by atomic mass is 32.2. The molecule has 0 aliphatic carbocycles. The molecule has 0 fully saturated rings. The Morgan fingerprint density at radius 2 is 1.93 bits per heavy atom. The summed E-state index contributed by atoms with van der Waals surface area (Å²) < 4.78 is 46.3. The van der Waals surface area contributed by atoms with Crippen LogP contribution in [0.2, 0.25) is 0 Å². The van der Waals surface area contributed by atoms with Crippen LogP contribution in [0.3, 0.4) is 0 Å². The SMILES string of the molecule is COc1ccc(S(N)(=O)=O)cc1C(=O)OCc1csc(-c2ccc(F)cc2)n1. The summed E-state index contributed by atoms with van der Waals surface area (Å²) in [7, 11) is -2.64. The average molecular weight is 422 g/mol. The molecule has 0 aliphatic heterocycles. The molecule has 0 radical (unpaired) electrons. The number of benzene rings is 2. The van der Waals surface area contributed by atoms with Crippen molar-refractivity contribution in [1.82, 2.24) is 4.98 Å². The summed E-state index contributed by atoms with van der Waals surface area (Å²) in [5.74, 6) is -0.966. The van der Waals surface area contributed by atoms with Crippen molar-refractivity contribution in [3.8, 4) is 16.3 Å². The minimum Gasteiger partial charge on any atom is -0.496 e. The van der Waals surface area contributed by atoms with Gasteiger partial charge in [0.1, 0.15) is 28.7 Å². The van der Waals surface area contributed by atoms with Gasteiger partial charge in [-0.05, 0) is 42.5 Å². The fourth-order valence-electron chi connectivity index (χ4n) is 2.34. The minimum absolute atomic E-state index is 0.0667. The first-order valence-corrected chi connectivity index (χ1v) is 10.3. The Labute approximate surface area is 164 Å². The van der Waals surface area contributed by atoms with E-state index in [1.54, 1.807) is 17.5 Å². The number of carbonyl (C=O) groups is 1. The van der Waals surface area contributed by atoms with E-state index in [2.05, 4.69) is 4.98 Å². The third kappa shape index (κ3) is 4.53. The summed E-state index contributed by atoms with van der Waals surface area (Å²) in [6, 6.07) is 9.54. The van der Waals surface area contributed by atoms with Crippen molar-refractivity contribution in [2.75, 3.05) is 7.11 Å². The lowest BCUT2D eigenvalue weighted by atomic mass is 10.2. The monoisotopic (exact) mass is 422 g/mol. The molecule has 10 heteroatoms. The van der Waals surface area contributed by atoms with Gasteiger partial charge in [-0.3, -0.25) is 0 Å². The predicted octanol–water partition coefficient (Wildman–Crippen LogP) is 2.96. The zero-order valence-electron chi connectivity index (χ0n) is 14.6. The molecular weight excluding hydrogens is 407 g/mol. The van der Waals surface area contributed by atoms with Crippen molar-refractivity contribution in [2.24, 2.45) is 5.14 Å².